The molecule has 0 nitrogen and oxygen atoms in total. The molecule has 0 spiro atoms. The van der Waals surface area contributed by atoms with E-state index in [4.69, 9.17) is 0 Å². The molecule has 0 saturated heterocycles. The van der Waals surface area contributed by atoms with Gasteiger partial charge < -0.3 is 0 Å². The summed E-state index contributed by atoms with van der Waals surface area (Å²) in [5.41, 5.74) is 0. The Labute approximate surface area is 154 Å². The SMILES string of the molecule is CCCCCCCCCC/C(=C/[Se]CCCC)[Se]CCCC. The van der Waals surface area contributed by atoms with Crippen molar-refractivity contribution in [1.29, 1.82) is 0 Å². The van der Waals surface area contributed by atoms with E-state index in [1.54, 1.807) is 0 Å². The molecule has 0 radical (unpaired) electrons. The second kappa shape index (κ2) is 19.8. The van der Waals surface area contributed by atoms with Crippen LogP contribution in [0.2, 0.25) is 10.6 Å². The van der Waals surface area contributed by atoms with Crippen LogP contribution >= 0.6 is 0 Å². The van der Waals surface area contributed by atoms with Crippen molar-refractivity contribution in [2.75, 3.05) is 0 Å². The van der Waals surface area contributed by atoms with Crippen molar-refractivity contribution in [1.82, 2.24) is 0 Å². The molecule has 0 aromatic carbocycles. The van der Waals surface area contributed by atoms with Crippen molar-refractivity contribution >= 4 is 29.9 Å². The number of unbranched alkanes of at least 4 members (excludes halogenated alkanes) is 9. The van der Waals surface area contributed by atoms with Crippen molar-refractivity contribution in [2.24, 2.45) is 0 Å². The van der Waals surface area contributed by atoms with Gasteiger partial charge in [0.1, 0.15) is 0 Å². The second-order valence-corrected chi connectivity index (χ2v) is 10.8. The first-order valence-electron chi connectivity index (χ1n) is 9.78. The molecule has 0 aliphatic heterocycles. The predicted molar refractivity (Wildman–Crippen MR) is 106 cm³/mol. The van der Waals surface area contributed by atoms with E-state index in [-0.39, 0.29) is 0 Å². The van der Waals surface area contributed by atoms with Crippen LogP contribution in [0.1, 0.15) is 104 Å². The Hall–Kier alpha value is 0.779. The van der Waals surface area contributed by atoms with Gasteiger partial charge in [-0.1, -0.05) is 0 Å². The van der Waals surface area contributed by atoms with Crippen molar-refractivity contribution < 1.29 is 0 Å². The Bertz CT molecular complexity index is 236. The fourth-order valence-corrected chi connectivity index (χ4v) is 7.86. The molecular formula is C20H40Se2. The van der Waals surface area contributed by atoms with Crippen LogP contribution in [-0.4, -0.2) is 29.9 Å². The number of hydrogen-bond acceptors (Lipinski definition) is 0. The second-order valence-electron chi connectivity index (χ2n) is 6.24. The molecule has 0 aromatic heterocycles. The van der Waals surface area contributed by atoms with Crippen LogP contribution in [0.4, 0.5) is 0 Å². The molecule has 0 aliphatic carbocycles. The van der Waals surface area contributed by atoms with Gasteiger partial charge in [-0.25, -0.2) is 0 Å². The summed E-state index contributed by atoms with van der Waals surface area (Å²) in [6.45, 7) is 6.94. The molecule has 0 saturated carbocycles. The van der Waals surface area contributed by atoms with Gasteiger partial charge in [0.2, 0.25) is 0 Å². The third kappa shape index (κ3) is 17.1. The van der Waals surface area contributed by atoms with E-state index in [9.17, 15) is 0 Å². The van der Waals surface area contributed by atoms with Gasteiger partial charge in [-0.05, 0) is 0 Å². The Morgan fingerprint density at radius 2 is 1.18 bits per heavy atom. The molecule has 0 aromatic rings. The minimum atomic E-state index is 0.791. The molecule has 0 N–H and O–H groups in total. The maximum absolute atomic E-state index is 2.68. The molecule has 0 atom stereocenters. The van der Waals surface area contributed by atoms with Crippen LogP contribution in [0.25, 0.3) is 0 Å². The van der Waals surface area contributed by atoms with Crippen molar-refractivity contribution in [2.45, 2.75) is 115 Å². The van der Waals surface area contributed by atoms with Crippen LogP contribution in [0, 0.1) is 0 Å². The normalized spacial score (nSPS) is 12.0. The summed E-state index contributed by atoms with van der Waals surface area (Å²) in [5.74, 6) is 0. The van der Waals surface area contributed by atoms with Gasteiger partial charge in [-0.15, -0.1) is 0 Å². The molecule has 0 fully saturated rings. The molecule has 0 amide bonds. The predicted octanol–water partition coefficient (Wildman–Crippen LogP) is 7.20. The van der Waals surface area contributed by atoms with E-state index in [0.29, 0.717) is 0 Å². The van der Waals surface area contributed by atoms with Gasteiger partial charge in [-0.2, -0.15) is 0 Å². The van der Waals surface area contributed by atoms with Crippen LogP contribution in [0.3, 0.4) is 0 Å². The van der Waals surface area contributed by atoms with Gasteiger partial charge in [0.25, 0.3) is 0 Å². The Kier molecular flexibility index (Phi) is 20.5. The van der Waals surface area contributed by atoms with Crippen LogP contribution in [0.15, 0.2) is 9.45 Å². The molecule has 0 aliphatic rings. The third-order valence-corrected chi connectivity index (χ3v) is 9.18. The van der Waals surface area contributed by atoms with Crippen molar-refractivity contribution in [3.63, 3.8) is 0 Å². The van der Waals surface area contributed by atoms with Crippen molar-refractivity contribution in [3.8, 4) is 0 Å². The minimum absolute atomic E-state index is 0.791. The first-order chi connectivity index (χ1) is 10.8. The zero-order valence-electron chi connectivity index (χ0n) is 15.5. The number of allylic oxidation sites excluding steroid dienone is 1. The fourth-order valence-electron chi connectivity index (χ4n) is 2.33. The first kappa shape index (κ1) is 22.8. The van der Waals surface area contributed by atoms with Gasteiger partial charge in [0.15, 0.2) is 0 Å². The molecule has 2 heteroatoms. The van der Waals surface area contributed by atoms with E-state index >= 15 is 0 Å². The summed E-state index contributed by atoms with van der Waals surface area (Å²) in [4.78, 5) is 2.68. The summed E-state index contributed by atoms with van der Waals surface area (Å²) in [6, 6.07) is 0. The number of hydrogen-bond donors (Lipinski definition) is 0. The zero-order chi connectivity index (χ0) is 16.3. The summed E-state index contributed by atoms with van der Waals surface area (Å²) >= 11 is 1.60. The van der Waals surface area contributed by atoms with E-state index in [1.807, 2.05) is 4.47 Å². The monoisotopic (exact) mass is 440 g/mol. The van der Waals surface area contributed by atoms with E-state index in [0.717, 1.165) is 29.9 Å². The standard InChI is InChI=1S/C20H40Se2/c1-4-7-10-11-12-13-14-15-16-20(22-18-9-6-3)19-21-17-8-5-2/h19H,4-18H2,1-3H3/b20-19-. The Morgan fingerprint density at radius 3 is 1.82 bits per heavy atom. The van der Waals surface area contributed by atoms with E-state index in [1.165, 1.54) is 94.1 Å². The molecule has 0 bridgehead atoms. The molecule has 132 valence electrons. The Balaban J connectivity index is 3.72. The van der Waals surface area contributed by atoms with Gasteiger partial charge in [0.05, 0.1) is 0 Å². The topological polar surface area (TPSA) is 0 Å². The van der Waals surface area contributed by atoms with E-state index < -0.39 is 0 Å². The molecule has 0 rings (SSSR count). The van der Waals surface area contributed by atoms with Crippen molar-refractivity contribution in [3.05, 3.63) is 9.45 Å². The van der Waals surface area contributed by atoms with Gasteiger partial charge >= 0.3 is 154 Å². The molecule has 22 heavy (non-hydrogen) atoms. The van der Waals surface area contributed by atoms with Gasteiger partial charge in [-0.3, -0.25) is 0 Å². The van der Waals surface area contributed by atoms with E-state index in [2.05, 4.69) is 25.7 Å². The zero-order valence-corrected chi connectivity index (χ0v) is 18.9. The first-order valence-corrected chi connectivity index (χ1v) is 14.0. The van der Waals surface area contributed by atoms with Gasteiger partial charge in [0, 0.05) is 0 Å². The fraction of sp³-hybridized carbons (Fsp3) is 0.900. The summed E-state index contributed by atoms with van der Waals surface area (Å²) in [6.07, 6.45) is 18.6. The van der Waals surface area contributed by atoms with Crippen LogP contribution < -0.4 is 0 Å². The quantitative estimate of drug-likeness (QED) is 0.166. The summed E-state index contributed by atoms with van der Waals surface area (Å²) < 4.78 is 1.86. The average Bonchev–Trinajstić information content (AvgIpc) is 2.53. The van der Waals surface area contributed by atoms with Crippen LogP contribution in [0.5, 0.6) is 0 Å². The number of rotatable bonds is 17. The molecule has 0 unspecified atom stereocenters. The average molecular weight is 438 g/mol. The third-order valence-electron chi connectivity index (χ3n) is 3.89. The summed E-state index contributed by atoms with van der Waals surface area (Å²) in [5, 5.41) is 2.95. The van der Waals surface area contributed by atoms with Crippen LogP contribution in [-0.2, 0) is 0 Å². The Morgan fingerprint density at radius 1 is 0.636 bits per heavy atom. The maximum atomic E-state index is 2.68. The summed E-state index contributed by atoms with van der Waals surface area (Å²) in [7, 11) is 0. The molecule has 0 heterocycles. The molecular weight excluding hydrogens is 398 g/mol.